The summed E-state index contributed by atoms with van der Waals surface area (Å²) in [5, 5.41) is 4.97. The number of hydrazone groups is 1. The Kier molecular flexibility index (Phi) is 5.53. The van der Waals surface area contributed by atoms with Gasteiger partial charge in [0.15, 0.2) is 0 Å². The van der Waals surface area contributed by atoms with Gasteiger partial charge in [-0.3, -0.25) is 0 Å². The van der Waals surface area contributed by atoms with Crippen molar-refractivity contribution in [2.75, 3.05) is 13.7 Å². The molecule has 0 unspecified atom stereocenters. The number of hydrogen-bond acceptors (Lipinski definition) is 4. The van der Waals surface area contributed by atoms with E-state index in [2.05, 4.69) is 19.8 Å². The van der Waals surface area contributed by atoms with Crippen molar-refractivity contribution in [1.29, 1.82) is 0 Å². The number of amides is 1. The second kappa shape index (κ2) is 8.20. The maximum Gasteiger partial charge on any atom is 0.427 e. The van der Waals surface area contributed by atoms with Crippen molar-refractivity contribution in [2.45, 2.75) is 13.5 Å². The predicted molar refractivity (Wildman–Crippen MR) is 102 cm³/mol. The van der Waals surface area contributed by atoms with E-state index in [1.807, 2.05) is 61.7 Å². The summed E-state index contributed by atoms with van der Waals surface area (Å²) in [4.78, 5) is 11.1. The van der Waals surface area contributed by atoms with Gasteiger partial charge in [0.25, 0.3) is 0 Å². The van der Waals surface area contributed by atoms with Crippen molar-refractivity contribution < 1.29 is 14.3 Å². The second-order valence-electron chi connectivity index (χ2n) is 5.82. The number of benzene rings is 2. The van der Waals surface area contributed by atoms with Gasteiger partial charge in [0.2, 0.25) is 0 Å². The van der Waals surface area contributed by atoms with Crippen LogP contribution in [0, 0.1) is 6.92 Å². The van der Waals surface area contributed by atoms with Crippen LogP contribution in [0.15, 0.2) is 59.8 Å². The monoisotopic (exact) mass is 351 g/mol. The average molecular weight is 351 g/mol. The molecule has 0 atom stereocenters. The maximum absolute atomic E-state index is 11.1. The molecule has 6 heteroatoms. The third-order valence-electron chi connectivity index (χ3n) is 3.99. The van der Waals surface area contributed by atoms with Crippen molar-refractivity contribution in [2.24, 2.45) is 5.10 Å². The first-order chi connectivity index (χ1) is 12.7. The highest BCUT2D eigenvalue weighted by atomic mass is 16.5. The molecule has 26 heavy (non-hydrogen) atoms. The molecule has 2 aromatic carbocycles. The Morgan fingerprint density at radius 1 is 1.19 bits per heavy atom. The fourth-order valence-corrected chi connectivity index (χ4v) is 2.66. The van der Waals surface area contributed by atoms with Gasteiger partial charge in [-0.05, 0) is 25.1 Å². The van der Waals surface area contributed by atoms with E-state index in [4.69, 9.17) is 4.74 Å². The lowest BCUT2D eigenvalue weighted by Gasteiger charge is -2.08. The Labute approximate surface area is 152 Å². The van der Waals surface area contributed by atoms with E-state index in [9.17, 15) is 4.79 Å². The van der Waals surface area contributed by atoms with Crippen LogP contribution in [-0.4, -0.2) is 30.6 Å². The summed E-state index contributed by atoms with van der Waals surface area (Å²) in [6, 6.07) is 16.0. The molecule has 0 aliphatic heterocycles. The smallest absolute Gasteiger partial charge is 0.427 e. The number of ether oxygens (including phenoxy) is 2. The van der Waals surface area contributed by atoms with Crippen molar-refractivity contribution in [3.8, 4) is 5.75 Å². The van der Waals surface area contributed by atoms with E-state index in [0.29, 0.717) is 13.2 Å². The number of carbonyl (C=O) groups is 1. The Morgan fingerprint density at radius 2 is 1.96 bits per heavy atom. The predicted octanol–water partition coefficient (Wildman–Crippen LogP) is 3.72. The lowest BCUT2D eigenvalue weighted by Crippen LogP contribution is -2.16. The Morgan fingerprint density at radius 3 is 2.73 bits per heavy atom. The lowest BCUT2D eigenvalue weighted by molar-refractivity contribution is 0.171. The van der Waals surface area contributed by atoms with Crippen LogP contribution in [0.5, 0.6) is 5.75 Å². The van der Waals surface area contributed by atoms with Crippen LogP contribution in [0.25, 0.3) is 10.9 Å². The summed E-state index contributed by atoms with van der Waals surface area (Å²) in [6.07, 6.45) is 3.00. The van der Waals surface area contributed by atoms with Gasteiger partial charge in [-0.1, -0.05) is 35.9 Å². The summed E-state index contributed by atoms with van der Waals surface area (Å²) in [7, 11) is 1.30. The first-order valence-corrected chi connectivity index (χ1v) is 8.32. The number of rotatable bonds is 6. The van der Waals surface area contributed by atoms with Crippen LogP contribution >= 0.6 is 0 Å². The molecule has 0 saturated carbocycles. The highest BCUT2D eigenvalue weighted by Crippen LogP contribution is 2.20. The van der Waals surface area contributed by atoms with Gasteiger partial charge >= 0.3 is 6.09 Å². The van der Waals surface area contributed by atoms with E-state index >= 15 is 0 Å². The number of methoxy groups -OCH3 is 1. The molecular weight excluding hydrogens is 330 g/mol. The number of fused-ring (bicyclic) bond motifs is 1. The molecule has 0 bridgehead atoms. The molecule has 0 spiro atoms. The molecule has 0 saturated heterocycles. The van der Waals surface area contributed by atoms with Gasteiger partial charge in [-0.25, -0.2) is 10.2 Å². The molecule has 0 fully saturated rings. The first-order valence-electron chi connectivity index (χ1n) is 8.32. The van der Waals surface area contributed by atoms with Crippen molar-refractivity contribution in [3.05, 3.63) is 65.9 Å². The average Bonchev–Trinajstić information content (AvgIpc) is 3.01. The third kappa shape index (κ3) is 4.22. The quantitative estimate of drug-likeness (QED) is 0.544. The third-order valence-corrected chi connectivity index (χ3v) is 3.99. The minimum Gasteiger partial charge on any atom is -0.492 e. The van der Waals surface area contributed by atoms with Gasteiger partial charge in [0.05, 0.1) is 19.9 Å². The highest BCUT2D eigenvalue weighted by Gasteiger charge is 2.07. The number of para-hydroxylation sites is 1. The van der Waals surface area contributed by atoms with Gasteiger partial charge in [0, 0.05) is 22.7 Å². The number of nitrogens with one attached hydrogen (secondary N) is 1. The minimum absolute atomic E-state index is 0.554. The zero-order valence-electron chi connectivity index (χ0n) is 14.8. The fraction of sp³-hybridized carbons (Fsp3) is 0.200. The molecule has 0 radical (unpaired) electrons. The molecule has 134 valence electrons. The molecule has 0 aliphatic rings. The molecule has 3 rings (SSSR count). The van der Waals surface area contributed by atoms with Crippen LogP contribution in [-0.2, 0) is 11.3 Å². The molecular formula is C20H21N3O3. The number of nitrogens with zero attached hydrogens (tertiary/aromatic N) is 2. The molecule has 1 N–H and O–H groups in total. The van der Waals surface area contributed by atoms with Crippen molar-refractivity contribution in [3.63, 3.8) is 0 Å². The van der Waals surface area contributed by atoms with Gasteiger partial charge in [-0.2, -0.15) is 5.10 Å². The van der Waals surface area contributed by atoms with Gasteiger partial charge < -0.3 is 14.0 Å². The number of carbonyl (C=O) groups excluding carboxylic acids is 1. The van der Waals surface area contributed by atoms with E-state index in [1.54, 1.807) is 6.21 Å². The van der Waals surface area contributed by atoms with Gasteiger partial charge in [-0.15, -0.1) is 0 Å². The molecule has 1 heterocycles. The highest BCUT2D eigenvalue weighted by molar-refractivity contribution is 5.99. The largest absolute Gasteiger partial charge is 0.492 e. The Balaban J connectivity index is 1.71. The van der Waals surface area contributed by atoms with E-state index < -0.39 is 6.09 Å². The summed E-state index contributed by atoms with van der Waals surface area (Å²) in [5.74, 6) is 0.858. The summed E-state index contributed by atoms with van der Waals surface area (Å²) >= 11 is 0. The normalized spacial score (nSPS) is 11.0. The first kappa shape index (κ1) is 17.5. The van der Waals surface area contributed by atoms with E-state index in [1.165, 1.54) is 12.7 Å². The van der Waals surface area contributed by atoms with Crippen LogP contribution in [0.3, 0.4) is 0 Å². The summed E-state index contributed by atoms with van der Waals surface area (Å²) < 4.78 is 12.4. The zero-order chi connectivity index (χ0) is 18.4. The molecule has 0 aliphatic carbocycles. The van der Waals surface area contributed by atoms with Crippen molar-refractivity contribution in [1.82, 2.24) is 9.99 Å². The fourth-order valence-electron chi connectivity index (χ4n) is 2.66. The standard InChI is InChI=1S/C20H21N3O3/c1-15-7-9-17(10-8-15)26-12-11-23-14-16(13-21-22-20(24)25-2)18-5-3-4-6-19(18)23/h3-10,13-14H,11-12H2,1-2H3,(H,22,24)/b21-13-. The number of aryl methyl sites for hydroxylation is 1. The van der Waals surface area contributed by atoms with Crippen LogP contribution in [0.4, 0.5) is 4.79 Å². The molecule has 1 aromatic heterocycles. The SMILES string of the molecule is COC(=O)N/N=C\c1cn(CCOc2ccc(C)cc2)c2ccccc12. The van der Waals surface area contributed by atoms with Crippen LogP contribution in [0.1, 0.15) is 11.1 Å². The molecule has 6 nitrogen and oxygen atoms in total. The minimum atomic E-state index is -0.600. The Hall–Kier alpha value is -3.28. The Bertz CT molecular complexity index is 914. The maximum atomic E-state index is 11.1. The summed E-state index contributed by atoms with van der Waals surface area (Å²) in [5.41, 5.74) is 5.50. The summed E-state index contributed by atoms with van der Waals surface area (Å²) in [6.45, 7) is 3.30. The second-order valence-corrected chi connectivity index (χ2v) is 5.82. The van der Waals surface area contributed by atoms with Crippen molar-refractivity contribution >= 4 is 23.2 Å². The molecule has 1 amide bonds. The van der Waals surface area contributed by atoms with E-state index in [-0.39, 0.29) is 0 Å². The number of aromatic nitrogens is 1. The topological polar surface area (TPSA) is 64.8 Å². The number of hydrogen-bond donors (Lipinski definition) is 1. The van der Waals surface area contributed by atoms with Gasteiger partial charge in [0.1, 0.15) is 12.4 Å². The van der Waals surface area contributed by atoms with Crippen LogP contribution in [0.2, 0.25) is 0 Å². The zero-order valence-corrected chi connectivity index (χ0v) is 14.8. The lowest BCUT2D eigenvalue weighted by atomic mass is 10.2. The molecule has 3 aromatic rings. The van der Waals surface area contributed by atoms with E-state index in [0.717, 1.165) is 22.2 Å². The van der Waals surface area contributed by atoms with Crippen LogP contribution < -0.4 is 10.2 Å².